The molecule has 6 nitrogen and oxygen atoms in total. The predicted octanol–water partition coefficient (Wildman–Crippen LogP) is 0.839. The molecule has 1 rings (SSSR count). The number of aliphatic hydroxyl groups excluding tert-OH is 2. The van der Waals surface area contributed by atoms with Crippen LogP contribution in [0.15, 0.2) is 12.1 Å². The molecule has 0 aliphatic rings. The number of rotatable bonds is 6. The number of amides is 1. The van der Waals surface area contributed by atoms with Crippen LogP contribution in [0.1, 0.15) is 18.6 Å². The number of nitrogens with one attached hydrogen (secondary N) is 1. The van der Waals surface area contributed by atoms with Crippen molar-refractivity contribution in [2.24, 2.45) is 0 Å². The highest BCUT2D eigenvalue weighted by atomic mass is 127. The van der Waals surface area contributed by atoms with Gasteiger partial charge in [-0.05, 0) is 40.3 Å². The van der Waals surface area contributed by atoms with E-state index < -0.39 is 12.2 Å². The monoisotopic (exact) mass is 395 g/mol. The zero-order chi connectivity index (χ0) is 15.3. The van der Waals surface area contributed by atoms with Crippen LogP contribution in [0, 0.1) is 3.57 Å². The average Bonchev–Trinajstić information content (AvgIpc) is 2.42. The minimum absolute atomic E-state index is 0.0264. The summed E-state index contributed by atoms with van der Waals surface area (Å²) in [6.07, 6.45) is -2.23. The minimum atomic E-state index is -1.13. The standard InChI is InChI=1S/C13H18INO5/c1-7(16)15-6-10(17)12(18)8-4-9(14)13(20-3)11(5-8)19-2/h4-5,10,12,17-18H,6H2,1-3H3,(H,15,16). The molecule has 20 heavy (non-hydrogen) atoms. The molecule has 0 bridgehead atoms. The van der Waals surface area contributed by atoms with Gasteiger partial charge in [0.1, 0.15) is 12.2 Å². The Labute approximate surface area is 131 Å². The van der Waals surface area contributed by atoms with E-state index in [1.54, 1.807) is 12.1 Å². The molecule has 0 aliphatic carbocycles. The second kappa shape index (κ2) is 7.65. The van der Waals surface area contributed by atoms with E-state index in [9.17, 15) is 15.0 Å². The Morgan fingerprint density at radius 2 is 2.00 bits per heavy atom. The molecule has 1 aromatic rings. The summed E-state index contributed by atoms with van der Waals surface area (Å²) in [7, 11) is 3.03. The van der Waals surface area contributed by atoms with E-state index in [0.29, 0.717) is 17.1 Å². The molecule has 0 fully saturated rings. The molecule has 0 aromatic heterocycles. The fourth-order valence-electron chi connectivity index (χ4n) is 1.69. The number of hydrogen-bond acceptors (Lipinski definition) is 5. The lowest BCUT2D eigenvalue weighted by Crippen LogP contribution is -2.34. The summed E-state index contributed by atoms with van der Waals surface area (Å²) in [6, 6.07) is 3.30. The molecule has 0 radical (unpaired) electrons. The van der Waals surface area contributed by atoms with Crippen LogP contribution < -0.4 is 14.8 Å². The summed E-state index contributed by atoms with van der Waals surface area (Å²) < 4.78 is 11.2. The summed E-state index contributed by atoms with van der Waals surface area (Å²) in [5.41, 5.74) is 0.491. The van der Waals surface area contributed by atoms with Gasteiger partial charge in [-0.2, -0.15) is 0 Å². The van der Waals surface area contributed by atoms with E-state index in [0.717, 1.165) is 3.57 Å². The van der Waals surface area contributed by atoms with Crippen molar-refractivity contribution >= 4 is 28.5 Å². The maximum Gasteiger partial charge on any atom is 0.216 e. The van der Waals surface area contributed by atoms with E-state index in [1.165, 1.54) is 21.1 Å². The van der Waals surface area contributed by atoms with Gasteiger partial charge >= 0.3 is 0 Å². The molecule has 0 aliphatic heterocycles. The Bertz CT molecular complexity index is 480. The van der Waals surface area contributed by atoms with Crippen molar-refractivity contribution in [1.29, 1.82) is 0 Å². The third kappa shape index (κ3) is 4.22. The molecule has 1 amide bonds. The molecule has 112 valence electrons. The average molecular weight is 395 g/mol. The van der Waals surface area contributed by atoms with Crippen molar-refractivity contribution in [3.05, 3.63) is 21.3 Å². The van der Waals surface area contributed by atoms with E-state index >= 15 is 0 Å². The molecule has 0 saturated carbocycles. The van der Waals surface area contributed by atoms with Gasteiger partial charge in [-0.25, -0.2) is 0 Å². The number of ether oxygens (including phenoxy) is 2. The predicted molar refractivity (Wildman–Crippen MR) is 81.9 cm³/mol. The highest BCUT2D eigenvalue weighted by Crippen LogP contribution is 2.35. The van der Waals surface area contributed by atoms with Crippen LogP contribution in [-0.4, -0.2) is 43.0 Å². The van der Waals surface area contributed by atoms with Crippen LogP contribution in [0.4, 0.5) is 0 Å². The van der Waals surface area contributed by atoms with Gasteiger partial charge in [-0.3, -0.25) is 4.79 Å². The minimum Gasteiger partial charge on any atom is -0.493 e. The quantitative estimate of drug-likeness (QED) is 0.622. The van der Waals surface area contributed by atoms with Gasteiger partial charge in [-0.15, -0.1) is 0 Å². The SMILES string of the molecule is COc1cc(C(O)C(O)CNC(C)=O)cc(I)c1OC. The van der Waals surface area contributed by atoms with Gasteiger partial charge in [0, 0.05) is 13.5 Å². The van der Waals surface area contributed by atoms with Crippen LogP contribution >= 0.6 is 22.6 Å². The lowest BCUT2D eigenvalue weighted by Gasteiger charge is -2.20. The van der Waals surface area contributed by atoms with E-state index in [2.05, 4.69) is 27.9 Å². The summed E-state index contributed by atoms with van der Waals surface area (Å²) in [6.45, 7) is 1.32. The lowest BCUT2D eigenvalue weighted by atomic mass is 10.0. The summed E-state index contributed by atoms with van der Waals surface area (Å²) in [5.74, 6) is 0.777. The maximum absolute atomic E-state index is 10.8. The molecule has 0 saturated heterocycles. The summed E-state index contributed by atoms with van der Waals surface area (Å²) in [4.78, 5) is 10.8. The Balaban J connectivity index is 2.95. The molecule has 2 atom stereocenters. The molecule has 7 heteroatoms. The number of carbonyl (C=O) groups excluding carboxylic acids is 1. The van der Waals surface area contributed by atoms with Gasteiger partial charge in [0.05, 0.1) is 17.8 Å². The second-order valence-corrected chi connectivity index (χ2v) is 5.35. The molecular weight excluding hydrogens is 377 g/mol. The topological polar surface area (TPSA) is 88.0 Å². The van der Waals surface area contributed by atoms with Crippen molar-refractivity contribution in [2.75, 3.05) is 20.8 Å². The largest absolute Gasteiger partial charge is 0.493 e. The van der Waals surface area contributed by atoms with Gasteiger partial charge in [-0.1, -0.05) is 0 Å². The number of benzene rings is 1. The highest BCUT2D eigenvalue weighted by molar-refractivity contribution is 14.1. The second-order valence-electron chi connectivity index (χ2n) is 4.19. The van der Waals surface area contributed by atoms with Gasteiger partial charge in [0.25, 0.3) is 0 Å². The lowest BCUT2D eigenvalue weighted by molar-refractivity contribution is -0.119. The zero-order valence-electron chi connectivity index (χ0n) is 11.5. The fraction of sp³-hybridized carbons (Fsp3) is 0.462. The van der Waals surface area contributed by atoms with Gasteiger partial charge < -0.3 is 25.0 Å². The van der Waals surface area contributed by atoms with Crippen molar-refractivity contribution in [3.63, 3.8) is 0 Å². The van der Waals surface area contributed by atoms with Crippen molar-refractivity contribution < 1.29 is 24.5 Å². The normalized spacial score (nSPS) is 13.5. The first-order valence-electron chi connectivity index (χ1n) is 5.92. The van der Waals surface area contributed by atoms with Crippen LogP contribution in [0.25, 0.3) is 0 Å². The first-order valence-corrected chi connectivity index (χ1v) is 7.00. The van der Waals surface area contributed by atoms with Crippen LogP contribution in [-0.2, 0) is 4.79 Å². The van der Waals surface area contributed by atoms with Crippen LogP contribution in [0.2, 0.25) is 0 Å². The van der Waals surface area contributed by atoms with Crippen LogP contribution in [0.5, 0.6) is 11.5 Å². The van der Waals surface area contributed by atoms with Crippen molar-refractivity contribution in [3.8, 4) is 11.5 Å². The molecular formula is C13H18INO5. The third-order valence-corrected chi connectivity index (χ3v) is 3.52. The Morgan fingerprint density at radius 3 is 2.50 bits per heavy atom. The first-order chi connectivity index (χ1) is 9.40. The van der Waals surface area contributed by atoms with E-state index in [1.807, 2.05) is 0 Å². The molecule has 0 heterocycles. The van der Waals surface area contributed by atoms with E-state index in [4.69, 9.17) is 9.47 Å². The molecule has 3 N–H and O–H groups in total. The Kier molecular flexibility index (Phi) is 6.50. The number of halogens is 1. The summed E-state index contributed by atoms with van der Waals surface area (Å²) in [5, 5.41) is 22.4. The fourth-order valence-corrected chi connectivity index (χ4v) is 2.54. The smallest absolute Gasteiger partial charge is 0.216 e. The molecule has 0 spiro atoms. The van der Waals surface area contributed by atoms with Gasteiger partial charge in [0.15, 0.2) is 11.5 Å². The van der Waals surface area contributed by atoms with E-state index in [-0.39, 0.29) is 12.5 Å². The Hall–Kier alpha value is -1.06. The number of carbonyl (C=O) groups is 1. The molecule has 1 aromatic carbocycles. The first kappa shape index (κ1) is 17.0. The molecule has 2 unspecified atom stereocenters. The maximum atomic E-state index is 10.8. The number of hydrogen-bond donors (Lipinski definition) is 3. The highest BCUT2D eigenvalue weighted by Gasteiger charge is 2.21. The van der Waals surface area contributed by atoms with Crippen molar-refractivity contribution in [2.45, 2.75) is 19.1 Å². The number of aliphatic hydroxyl groups is 2. The third-order valence-electron chi connectivity index (χ3n) is 2.72. The zero-order valence-corrected chi connectivity index (χ0v) is 13.7. The van der Waals surface area contributed by atoms with Gasteiger partial charge in [0.2, 0.25) is 5.91 Å². The Morgan fingerprint density at radius 1 is 1.35 bits per heavy atom. The van der Waals surface area contributed by atoms with Crippen molar-refractivity contribution in [1.82, 2.24) is 5.32 Å². The summed E-state index contributed by atoms with van der Waals surface area (Å²) >= 11 is 2.06. The number of methoxy groups -OCH3 is 2. The van der Waals surface area contributed by atoms with Crippen LogP contribution in [0.3, 0.4) is 0 Å².